The summed E-state index contributed by atoms with van der Waals surface area (Å²) in [6.07, 6.45) is 5.10. The minimum atomic E-state index is 0.709. The van der Waals surface area contributed by atoms with Gasteiger partial charge in [-0.2, -0.15) is 0 Å². The molecule has 7 aromatic rings. The minimum Gasteiger partial charge on any atom is -0.340 e. The Bertz CT molecular complexity index is 2000. The average molecular weight is 552 g/mol. The number of benzene rings is 5. The Morgan fingerprint density at radius 1 is 0.634 bits per heavy atom. The Morgan fingerprint density at radius 3 is 1.98 bits per heavy atom. The van der Waals surface area contributed by atoms with Gasteiger partial charge in [0, 0.05) is 48.9 Å². The fraction of sp³-hybridized carbons (Fsp3) is 0.231. The fourth-order valence-corrected chi connectivity index (χ4v) is 7.79. The maximum Gasteiger partial charge on any atom is 0.0491 e. The van der Waals surface area contributed by atoms with Gasteiger partial charge in [0.05, 0.1) is 0 Å². The van der Waals surface area contributed by atoms with Crippen LogP contribution in [-0.4, -0.2) is 4.57 Å². The normalized spacial score (nSPS) is 12.7. The molecule has 41 heavy (non-hydrogen) atoms. The summed E-state index contributed by atoms with van der Waals surface area (Å²) in [4.78, 5) is 2.71. The molecule has 0 fully saturated rings. The highest BCUT2D eigenvalue weighted by molar-refractivity contribution is 7.21. The van der Waals surface area contributed by atoms with Crippen molar-refractivity contribution in [2.45, 2.75) is 53.0 Å². The van der Waals surface area contributed by atoms with Crippen LogP contribution in [0.4, 0.5) is 0 Å². The fourth-order valence-electron chi connectivity index (χ4n) is 6.53. The van der Waals surface area contributed by atoms with Gasteiger partial charge in [0.1, 0.15) is 0 Å². The van der Waals surface area contributed by atoms with Crippen molar-refractivity contribution < 1.29 is 0 Å². The lowest BCUT2D eigenvalue weighted by atomic mass is 9.99. The lowest BCUT2D eigenvalue weighted by molar-refractivity contribution is 0.401. The molecule has 0 amide bonds. The number of hydrogen-bond donors (Lipinski definition) is 0. The highest BCUT2D eigenvalue weighted by Crippen LogP contribution is 2.46. The van der Waals surface area contributed by atoms with Crippen LogP contribution in [0.1, 0.15) is 45.1 Å². The SMILES string of the molecule is CCCCC(CC)Cn1c2ccccc2c2cc(-c3sc(-c4ccc(C)cc4)c4cc5ccccc5cc34)ccc21. The van der Waals surface area contributed by atoms with Crippen LogP contribution in [0.5, 0.6) is 0 Å². The zero-order valence-corrected chi connectivity index (χ0v) is 25.1. The molecule has 2 heterocycles. The molecule has 0 aliphatic heterocycles. The number of rotatable bonds is 8. The van der Waals surface area contributed by atoms with Gasteiger partial charge in [-0.3, -0.25) is 0 Å². The lowest BCUT2D eigenvalue weighted by Gasteiger charge is -2.17. The first-order chi connectivity index (χ1) is 20.1. The zero-order chi connectivity index (χ0) is 27.9. The number of nitrogens with zero attached hydrogens (tertiary/aromatic N) is 1. The molecule has 1 nitrogen and oxygen atoms in total. The number of unbranched alkanes of at least 4 members (excludes halogenated alkanes) is 1. The molecule has 0 spiro atoms. The molecule has 0 bridgehead atoms. The number of aromatic nitrogens is 1. The Balaban J connectivity index is 1.43. The summed E-state index contributed by atoms with van der Waals surface area (Å²) in [5.41, 5.74) is 6.61. The number of para-hydroxylation sites is 1. The molecule has 2 heteroatoms. The van der Waals surface area contributed by atoms with Crippen molar-refractivity contribution in [1.82, 2.24) is 4.57 Å². The van der Waals surface area contributed by atoms with E-state index >= 15 is 0 Å². The summed E-state index contributed by atoms with van der Waals surface area (Å²) >= 11 is 1.93. The monoisotopic (exact) mass is 551 g/mol. The highest BCUT2D eigenvalue weighted by atomic mass is 32.1. The third kappa shape index (κ3) is 4.65. The van der Waals surface area contributed by atoms with Gasteiger partial charge < -0.3 is 4.57 Å². The van der Waals surface area contributed by atoms with Crippen LogP contribution in [0.15, 0.2) is 103 Å². The maximum atomic E-state index is 2.59. The van der Waals surface area contributed by atoms with E-state index in [2.05, 4.69) is 128 Å². The number of hydrogen-bond acceptors (Lipinski definition) is 1. The first-order valence-corrected chi connectivity index (χ1v) is 16.0. The number of thiophene rings is 1. The summed E-state index contributed by atoms with van der Waals surface area (Å²) < 4.78 is 2.59. The molecule has 0 N–H and O–H groups in total. The quantitative estimate of drug-likeness (QED) is 0.177. The van der Waals surface area contributed by atoms with E-state index in [9.17, 15) is 0 Å². The standard InChI is InChI=1S/C39H37NS/c1-4-6-11-27(5-2)25-40-36-15-10-9-14-32(36)33-24-31(20-21-37(33)40)39-35-23-30-13-8-7-12-29(30)22-34(35)38(41-39)28-18-16-26(3)17-19-28/h7-10,12-24,27H,4-6,11,25H2,1-3H3. The van der Waals surface area contributed by atoms with E-state index < -0.39 is 0 Å². The topological polar surface area (TPSA) is 4.93 Å². The summed E-state index contributed by atoms with van der Waals surface area (Å²) in [6.45, 7) is 7.90. The van der Waals surface area contributed by atoms with E-state index in [1.807, 2.05) is 11.3 Å². The second-order valence-electron chi connectivity index (χ2n) is 11.6. The smallest absolute Gasteiger partial charge is 0.0491 e. The van der Waals surface area contributed by atoms with E-state index in [1.54, 1.807) is 0 Å². The van der Waals surface area contributed by atoms with Gasteiger partial charge in [-0.1, -0.05) is 111 Å². The van der Waals surface area contributed by atoms with Crippen LogP contribution >= 0.6 is 11.3 Å². The molecule has 5 aromatic carbocycles. The van der Waals surface area contributed by atoms with Crippen molar-refractivity contribution in [3.63, 3.8) is 0 Å². The van der Waals surface area contributed by atoms with Gasteiger partial charge in [-0.25, -0.2) is 0 Å². The minimum absolute atomic E-state index is 0.709. The van der Waals surface area contributed by atoms with Gasteiger partial charge in [-0.05, 0) is 71.5 Å². The van der Waals surface area contributed by atoms with E-state index in [0.717, 1.165) is 6.54 Å². The zero-order valence-electron chi connectivity index (χ0n) is 24.3. The lowest BCUT2D eigenvalue weighted by Crippen LogP contribution is -2.10. The van der Waals surface area contributed by atoms with E-state index in [-0.39, 0.29) is 0 Å². The number of aryl methyl sites for hydroxylation is 1. The largest absolute Gasteiger partial charge is 0.340 e. The molecule has 1 unspecified atom stereocenters. The molecule has 0 aliphatic carbocycles. The van der Waals surface area contributed by atoms with Gasteiger partial charge in [0.15, 0.2) is 0 Å². The second kappa shape index (κ2) is 10.8. The van der Waals surface area contributed by atoms with Crippen LogP contribution in [0.3, 0.4) is 0 Å². The van der Waals surface area contributed by atoms with Crippen LogP contribution in [0.25, 0.3) is 64.2 Å². The Labute approximate surface area is 247 Å². The van der Waals surface area contributed by atoms with E-state index in [1.165, 1.54) is 95.5 Å². The molecular weight excluding hydrogens is 515 g/mol. The summed E-state index contributed by atoms with van der Waals surface area (Å²) in [7, 11) is 0. The van der Waals surface area contributed by atoms with Crippen LogP contribution in [-0.2, 0) is 6.54 Å². The van der Waals surface area contributed by atoms with Crippen LogP contribution < -0.4 is 0 Å². The van der Waals surface area contributed by atoms with Crippen molar-refractivity contribution in [2.24, 2.45) is 5.92 Å². The Morgan fingerprint density at radius 2 is 1.27 bits per heavy atom. The average Bonchev–Trinajstić information content (AvgIpc) is 3.53. The Hall–Kier alpha value is -3.88. The summed E-state index contributed by atoms with van der Waals surface area (Å²) in [5, 5.41) is 8.01. The van der Waals surface area contributed by atoms with Crippen molar-refractivity contribution in [1.29, 1.82) is 0 Å². The first kappa shape index (κ1) is 26.0. The van der Waals surface area contributed by atoms with Crippen LogP contribution in [0.2, 0.25) is 0 Å². The molecule has 0 saturated carbocycles. The molecule has 0 saturated heterocycles. The predicted octanol–water partition coefficient (Wildman–Crippen LogP) is 12.0. The molecule has 1 atom stereocenters. The third-order valence-electron chi connectivity index (χ3n) is 8.91. The van der Waals surface area contributed by atoms with E-state index in [0.29, 0.717) is 5.92 Å². The number of fused-ring (bicyclic) bond motifs is 5. The van der Waals surface area contributed by atoms with Crippen molar-refractivity contribution in [3.05, 3.63) is 109 Å². The van der Waals surface area contributed by atoms with Crippen molar-refractivity contribution in [3.8, 4) is 20.9 Å². The third-order valence-corrected chi connectivity index (χ3v) is 10.2. The van der Waals surface area contributed by atoms with Gasteiger partial charge in [0.2, 0.25) is 0 Å². The Kier molecular flexibility index (Phi) is 6.88. The predicted molar refractivity (Wildman–Crippen MR) is 181 cm³/mol. The summed E-state index contributed by atoms with van der Waals surface area (Å²) in [6, 6.07) is 38.8. The molecule has 2 aromatic heterocycles. The molecular formula is C39H37NS. The highest BCUT2D eigenvalue weighted by Gasteiger charge is 2.19. The first-order valence-electron chi connectivity index (χ1n) is 15.2. The van der Waals surface area contributed by atoms with Crippen molar-refractivity contribution in [2.75, 3.05) is 0 Å². The summed E-state index contributed by atoms with van der Waals surface area (Å²) in [5.74, 6) is 0.709. The molecule has 7 rings (SSSR count). The van der Waals surface area contributed by atoms with Crippen LogP contribution in [0, 0.1) is 12.8 Å². The van der Waals surface area contributed by atoms with E-state index in [4.69, 9.17) is 0 Å². The molecule has 0 aliphatic rings. The second-order valence-corrected chi connectivity index (χ2v) is 12.7. The molecule has 0 radical (unpaired) electrons. The molecule has 204 valence electrons. The van der Waals surface area contributed by atoms with Gasteiger partial charge in [-0.15, -0.1) is 11.3 Å². The maximum absolute atomic E-state index is 2.59. The van der Waals surface area contributed by atoms with Gasteiger partial charge >= 0.3 is 0 Å². The van der Waals surface area contributed by atoms with Crippen molar-refractivity contribution >= 4 is 54.7 Å². The van der Waals surface area contributed by atoms with Gasteiger partial charge in [0.25, 0.3) is 0 Å².